The van der Waals surface area contributed by atoms with E-state index in [2.05, 4.69) is 26.6 Å². The molecule has 21 heavy (non-hydrogen) atoms. The van der Waals surface area contributed by atoms with Crippen molar-refractivity contribution < 1.29 is 9.59 Å². The van der Waals surface area contributed by atoms with Gasteiger partial charge in [-0.2, -0.15) is 0 Å². The number of benzene rings is 2. The third-order valence-corrected chi connectivity index (χ3v) is 4.08. The fraction of sp³-hybridized carbons (Fsp3) is 0.0667. The normalized spacial score (nSPS) is 13.0. The number of hydrogen-bond donors (Lipinski definition) is 2. The highest BCUT2D eigenvalue weighted by Gasteiger charge is 2.26. The number of rotatable bonds is 3. The van der Waals surface area contributed by atoms with Crippen LogP contribution in [-0.4, -0.2) is 11.8 Å². The minimum Gasteiger partial charge on any atom is -0.381 e. The summed E-state index contributed by atoms with van der Waals surface area (Å²) in [4.78, 5) is 23.1. The molecular weight excluding hydrogens is 356 g/mol. The summed E-state index contributed by atoms with van der Waals surface area (Å²) >= 11 is 9.51. The highest BCUT2D eigenvalue weighted by molar-refractivity contribution is 9.10. The molecule has 0 radical (unpaired) electrons. The number of anilines is 1. The van der Waals surface area contributed by atoms with Crippen molar-refractivity contribution in [3.8, 4) is 0 Å². The molecule has 0 fully saturated rings. The third-order valence-electron chi connectivity index (χ3n) is 3.23. The first kappa shape index (κ1) is 14.1. The molecule has 0 atom stereocenters. The van der Waals surface area contributed by atoms with Crippen LogP contribution in [0, 0.1) is 0 Å². The van der Waals surface area contributed by atoms with E-state index in [0.29, 0.717) is 22.7 Å². The Bertz CT molecular complexity index is 761. The van der Waals surface area contributed by atoms with Crippen molar-refractivity contribution in [3.05, 3.63) is 62.6 Å². The Kier molecular flexibility index (Phi) is 3.69. The SMILES string of the molecule is O=C1NC(=O)c2cc(NCc3ccc(Br)cc3Cl)ccc21. The lowest BCUT2D eigenvalue weighted by Crippen LogP contribution is -2.19. The fourth-order valence-electron chi connectivity index (χ4n) is 2.14. The molecule has 0 saturated carbocycles. The first-order chi connectivity index (χ1) is 10.0. The average molecular weight is 366 g/mol. The van der Waals surface area contributed by atoms with E-state index in [1.54, 1.807) is 18.2 Å². The Balaban J connectivity index is 1.79. The zero-order valence-corrected chi connectivity index (χ0v) is 13.1. The second-order valence-electron chi connectivity index (χ2n) is 4.63. The lowest BCUT2D eigenvalue weighted by molar-refractivity contribution is 0.0879. The number of fused-ring (bicyclic) bond motifs is 1. The molecule has 0 saturated heterocycles. The zero-order chi connectivity index (χ0) is 15.0. The van der Waals surface area contributed by atoms with E-state index in [4.69, 9.17) is 11.6 Å². The van der Waals surface area contributed by atoms with E-state index < -0.39 is 0 Å². The number of hydrogen-bond acceptors (Lipinski definition) is 3. The molecule has 0 unspecified atom stereocenters. The highest BCUT2D eigenvalue weighted by Crippen LogP contribution is 2.24. The van der Waals surface area contributed by atoms with Crippen molar-refractivity contribution in [1.82, 2.24) is 5.32 Å². The van der Waals surface area contributed by atoms with Crippen molar-refractivity contribution >= 4 is 45.0 Å². The smallest absolute Gasteiger partial charge is 0.259 e. The molecule has 106 valence electrons. The quantitative estimate of drug-likeness (QED) is 0.817. The predicted molar refractivity (Wildman–Crippen MR) is 84.7 cm³/mol. The van der Waals surface area contributed by atoms with E-state index in [-0.39, 0.29) is 11.8 Å². The first-order valence-corrected chi connectivity index (χ1v) is 7.39. The number of halogens is 2. The van der Waals surface area contributed by atoms with Crippen LogP contribution in [0.1, 0.15) is 26.3 Å². The highest BCUT2D eigenvalue weighted by atomic mass is 79.9. The van der Waals surface area contributed by atoms with Crippen LogP contribution in [0.4, 0.5) is 5.69 Å². The van der Waals surface area contributed by atoms with Crippen LogP contribution in [-0.2, 0) is 6.54 Å². The molecule has 2 aromatic carbocycles. The number of nitrogens with one attached hydrogen (secondary N) is 2. The van der Waals surface area contributed by atoms with Gasteiger partial charge in [0.1, 0.15) is 0 Å². The number of carbonyl (C=O) groups is 2. The van der Waals surface area contributed by atoms with Crippen molar-refractivity contribution in [3.63, 3.8) is 0 Å². The van der Waals surface area contributed by atoms with Gasteiger partial charge in [-0.05, 0) is 35.9 Å². The number of carbonyl (C=O) groups excluding carboxylic acids is 2. The molecule has 0 bridgehead atoms. The van der Waals surface area contributed by atoms with Crippen molar-refractivity contribution in [2.24, 2.45) is 0 Å². The van der Waals surface area contributed by atoms with Crippen molar-refractivity contribution in [2.75, 3.05) is 5.32 Å². The molecule has 4 nitrogen and oxygen atoms in total. The summed E-state index contributed by atoms with van der Waals surface area (Å²) in [5.74, 6) is -0.710. The Labute approximate surface area is 134 Å². The van der Waals surface area contributed by atoms with E-state index in [0.717, 1.165) is 15.7 Å². The summed E-state index contributed by atoms with van der Waals surface area (Å²) in [5.41, 5.74) is 2.51. The Morgan fingerprint density at radius 2 is 1.81 bits per heavy atom. The van der Waals surface area contributed by atoms with Gasteiger partial charge in [0.2, 0.25) is 0 Å². The summed E-state index contributed by atoms with van der Waals surface area (Å²) < 4.78 is 0.920. The summed E-state index contributed by atoms with van der Waals surface area (Å²) in [6.45, 7) is 0.528. The van der Waals surface area contributed by atoms with Gasteiger partial charge in [-0.15, -0.1) is 0 Å². The molecule has 6 heteroatoms. The summed E-state index contributed by atoms with van der Waals surface area (Å²) in [5, 5.41) is 6.12. The molecule has 1 heterocycles. The van der Waals surface area contributed by atoms with Crippen molar-refractivity contribution in [1.29, 1.82) is 0 Å². The Morgan fingerprint density at radius 1 is 1.05 bits per heavy atom. The second kappa shape index (κ2) is 5.50. The third kappa shape index (κ3) is 2.80. The summed E-state index contributed by atoms with van der Waals surface area (Å²) in [6.07, 6.45) is 0. The lowest BCUT2D eigenvalue weighted by Gasteiger charge is -2.09. The standard InChI is InChI=1S/C15H10BrClN2O2/c16-9-2-1-8(13(17)5-9)7-18-10-3-4-11-12(6-10)15(21)19-14(11)20/h1-6,18H,7H2,(H,19,20,21). The molecule has 0 spiro atoms. The monoisotopic (exact) mass is 364 g/mol. The van der Waals surface area contributed by atoms with E-state index in [1.807, 2.05) is 18.2 Å². The minimum atomic E-state index is -0.361. The van der Waals surface area contributed by atoms with Crippen LogP contribution < -0.4 is 10.6 Å². The largest absolute Gasteiger partial charge is 0.381 e. The zero-order valence-electron chi connectivity index (χ0n) is 10.7. The van der Waals surface area contributed by atoms with Gasteiger partial charge in [0, 0.05) is 21.7 Å². The maximum Gasteiger partial charge on any atom is 0.259 e. The van der Waals surface area contributed by atoms with Crippen LogP contribution in [0.3, 0.4) is 0 Å². The van der Waals surface area contributed by atoms with Crippen LogP contribution >= 0.6 is 27.5 Å². The summed E-state index contributed by atoms with van der Waals surface area (Å²) in [6, 6.07) is 10.7. The maximum absolute atomic E-state index is 11.6. The van der Waals surface area contributed by atoms with Gasteiger partial charge >= 0.3 is 0 Å². The van der Waals surface area contributed by atoms with Crippen LogP contribution in [0.25, 0.3) is 0 Å². The van der Waals surface area contributed by atoms with E-state index in [9.17, 15) is 9.59 Å². The maximum atomic E-state index is 11.6. The molecule has 2 aromatic rings. The molecular formula is C15H10BrClN2O2. The van der Waals surface area contributed by atoms with E-state index in [1.165, 1.54) is 0 Å². The molecule has 3 rings (SSSR count). The average Bonchev–Trinajstić information content (AvgIpc) is 2.73. The predicted octanol–water partition coefficient (Wildman–Crippen LogP) is 3.60. The van der Waals surface area contributed by atoms with E-state index >= 15 is 0 Å². The molecule has 1 aliphatic heterocycles. The van der Waals surface area contributed by atoms with Gasteiger partial charge in [-0.25, -0.2) is 0 Å². The van der Waals surface area contributed by atoms with Gasteiger partial charge in [0.25, 0.3) is 11.8 Å². The van der Waals surface area contributed by atoms with Crippen molar-refractivity contribution in [2.45, 2.75) is 6.54 Å². The molecule has 2 amide bonds. The second-order valence-corrected chi connectivity index (χ2v) is 5.96. The van der Waals surface area contributed by atoms with Gasteiger partial charge in [0.15, 0.2) is 0 Å². The molecule has 0 aliphatic carbocycles. The number of imide groups is 1. The molecule has 1 aliphatic rings. The minimum absolute atomic E-state index is 0.350. The van der Waals surface area contributed by atoms with Gasteiger partial charge in [0.05, 0.1) is 11.1 Å². The van der Waals surface area contributed by atoms with Gasteiger partial charge in [-0.3, -0.25) is 14.9 Å². The molecule has 2 N–H and O–H groups in total. The van der Waals surface area contributed by atoms with Crippen LogP contribution in [0.15, 0.2) is 40.9 Å². The van der Waals surface area contributed by atoms with Gasteiger partial charge in [-0.1, -0.05) is 33.6 Å². The number of amides is 2. The first-order valence-electron chi connectivity index (χ1n) is 6.22. The topological polar surface area (TPSA) is 58.2 Å². The fourth-order valence-corrected chi connectivity index (χ4v) is 2.88. The summed E-state index contributed by atoms with van der Waals surface area (Å²) in [7, 11) is 0. The Morgan fingerprint density at radius 3 is 2.57 bits per heavy atom. The lowest BCUT2D eigenvalue weighted by atomic mass is 10.1. The van der Waals surface area contributed by atoms with Crippen LogP contribution in [0.5, 0.6) is 0 Å². The van der Waals surface area contributed by atoms with Crippen LogP contribution in [0.2, 0.25) is 5.02 Å². The Hall–Kier alpha value is -1.85. The van der Waals surface area contributed by atoms with Gasteiger partial charge < -0.3 is 5.32 Å². The molecule has 0 aromatic heterocycles.